The molecule has 0 spiro atoms. The summed E-state index contributed by atoms with van der Waals surface area (Å²) in [5.74, 6) is 2.89. The van der Waals surface area contributed by atoms with Gasteiger partial charge in [-0.05, 0) is 130 Å². The molecule has 21 heteroatoms. The van der Waals surface area contributed by atoms with Crippen LogP contribution < -0.4 is 39.1 Å². The maximum absolute atomic E-state index is 14.6. The van der Waals surface area contributed by atoms with Crippen molar-refractivity contribution in [1.29, 1.82) is 0 Å². The molecular formula is C61H73ClN8O12. The standard InChI is InChI=1S/C61H73ClN8O12/c1-10-45(42-32-51(77-7)57(79-9)52(33-42)78-8)60(73)69-27-12-11-16-47(69)61(74)82-48(23-17-39-18-24-49(75-5)50(30-39)76-6)41-14-13-15-44(31-41)81-35-54(72)64-26-29-80-28-25-63-53(71)34-46-58-68-67-38(4)70(58)59-55(36(2)37(3)65-59)56(66-46)40-19-21-43(62)22-20-40/h13-15,18-22,24,30-33,45-48,65H,10-12,16-17,23,25-29,34-35H2,1-9H3,(H,63,71)(H,64,72)/t45-,46-,47-,48+/m0/s1. The highest BCUT2D eigenvalue weighted by molar-refractivity contribution is 6.30. The van der Waals surface area contributed by atoms with Gasteiger partial charge < -0.3 is 58.4 Å². The van der Waals surface area contributed by atoms with E-state index in [2.05, 4.69) is 25.8 Å². The minimum absolute atomic E-state index is 0.0167. The summed E-state index contributed by atoms with van der Waals surface area (Å²) >= 11 is 6.26. The lowest BCUT2D eigenvalue weighted by atomic mass is 9.91. The van der Waals surface area contributed by atoms with Crippen LogP contribution in [-0.2, 0) is 35.1 Å². The number of fused-ring (bicyclic) bond motifs is 3. The van der Waals surface area contributed by atoms with Crippen LogP contribution >= 0.6 is 11.6 Å². The molecule has 8 rings (SSSR count). The smallest absolute Gasteiger partial charge is 0.329 e. The third-order valence-corrected chi connectivity index (χ3v) is 15.1. The Kier molecular flexibility index (Phi) is 20.5. The number of hydrogen-bond donors (Lipinski definition) is 3. The average Bonchev–Trinajstić information content (AvgIpc) is 4.02. The van der Waals surface area contributed by atoms with Gasteiger partial charge in [0.1, 0.15) is 35.6 Å². The number of aromatic amines is 1. The molecule has 2 aliphatic heterocycles. The van der Waals surface area contributed by atoms with E-state index in [0.717, 1.165) is 52.3 Å². The van der Waals surface area contributed by atoms with E-state index in [1.165, 1.54) is 21.3 Å². The number of carbonyl (C=O) groups excluding carboxylic acids is 4. The van der Waals surface area contributed by atoms with Crippen molar-refractivity contribution in [3.8, 4) is 40.3 Å². The minimum Gasteiger partial charge on any atom is -0.493 e. The van der Waals surface area contributed by atoms with Gasteiger partial charge in [0.15, 0.2) is 35.4 Å². The number of esters is 1. The van der Waals surface area contributed by atoms with Gasteiger partial charge in [0.25, 0.3) is 5.91 Å². The van der Waals surface area contributed by atoms with Gasteiger partial charge in [-0.15, -0.1) is 10.2 Å². The minimum atomic E-state index is -0.827. The van der Waals surface area contributed by atoms with Gasteiger partial charge in [0.2, 0.25) is 17.6 Å². The molecule has 2 aromatic heterocycles. The maximum Gasteiger partial charge on any atom is 0.329 e. The molecule has 2 aliphatic rings. The first-order valence-corrected chi connectivity index (χ1v) is 27.9. The van der Waals surface area contributed by atoms with E-state index in [0.29, 0.717) is 94.5 Å². The van der Waals surface area contributed by atoms with Crippen molar-refractivity contribution >= 4 is 41.0 Å². The number of methoxy groups -OCH3 is 5. The van der Waals surface area contributed by atoms with Crippen molar-refractivity contribution in [1.82, 2.24) is 35.3 Å². The topological polar surface area (TPSA) is 228 Å². The summed E-state index contributed by atoms with van der Waals surface area (Å²) < 4.78 is 47.9. The second kappa shape index (κ2) is 28.1. The molecule has 0 radical (unpaired) electrons. The van der Waals surface area contributed by atoms with E-state index in [1.54, 1.807) is 49.5 Å². The van der Waals surface area contributed by atoms with E-state index in [1.807, 2.05) is 80.8 Å². The van der Waals surface area contributed by atoms with Gasteiger partial charge >= 0.3 is 5.97 Å². The Balaban J connectivity index is 0.857. The van der Waals surface area contributed by atoms with Crippen molar-refractivity contribution in [2.24, 2.45) is 4.99 Å². The molecule has 4 heterocycles. The number of benzene rings is 4. The molecular weight excluding hydrogens is 1070 g/mol. The highest BCUT2D eigenvalue weighted by Crippen LogP contribution is 2.42. The lowest BCUT2D eigenvalue weighted by Crippen LogP contribution is -2.50. The van der Waals surface area contributed by atoms with Crippen molar-refractivity contribution in [3.05, 3.63) is 135 Å². The number of piperidine rings is 1. The predicted octanol–water partition coefficient (Wildman–Crippen LogP) is 8.62. The Bertz CT molecular complexity index is 3220. The number of carbonyl (C=O) groups is 4. The van der Waals surface area contributed by atoms with Crippen LogP contribution in [0.5, 0.6) is 34.5 Å². The van der Waals surface area contributed by atoms with Crippen molar-refractivity contribution in [2.45, 2.75) is 96.7 Å². The van der Waals surface area contributed by atoms with E-state index in [9.17, 15) is 19.2 Å². The highest BCUT2D eigenvalue weighted by atomic mass is 35.5. The van der Waals surface area contributed by atoms with Gasteiger partial charge in [-0.1, -0.05) is 48.9 Å². The summed E-state index contributed by atoms with van der Waals surface area (Å²) in [5.41, 5.74) is 6.76. The van der Waals surface area contributed by atoms with Crippen LogP contribution in [0.25, 0.3) is 5.82 Å². The van der Waals surface area contributed by atoms with E-state index < -0.39 is 30.1 Å². The summed E-state index contributed by atoms with van der Waals surface area (Å²) in [5, 5.41) is 15.2. The quantitative estimate of drug-likeness (QED) is 0.0341. The zero-order valence-corrected chi connectivity index (χ0v) is 48.8. The zero-order valence-electron chi connectivity index (χ0n) is 48.0. The first-order valence-electron chi connectivity index (χ1n) is 27.5. The van der Waals surface area contributed by atoms with Gasteiger partial charge in [-0.25, -0.2) is 4.79 Å². The Hall–Kier alpha value is -8.10. The van der Waals surface area contributed by atoms with Crippen LogP contribution in [0.3, 0.4) is 0 Å². The second-order valence-electron chi connectivity index (χ2n) is 20.0. The van der Waals surface area contributed by atoms with Crippen LogP contribution in [0.1, 0.15) is 114 Å². The zero-order chi connectivity index (χ0) is 58.5. The summed E-state index contributed by atoms with van der Waals surface area (Å²) in [6.07, 6.45) is 2.49. The molecule has 4 aromatic carbocycles. The number of aryl methyl sites for hydroxylation is 3. The normalized spacial score (nSPS) is 15.4. The van der Waals surface area contributed by atoms with Crippen LogP contribution in [0.15, 0.2) is 83.9 Å². The van der Waals surface area contributed by atoms with Gasteiger partial charge in [-0.3, -0.25) is 23.9 Å². The SMILES string of the molecule is CC[C@H](C(=O)N1CCCC[C@H]1C(=O)O[C@H](CCc1ccc(OC)c(OC)c1)c1cccc(OCC(=O)NCCOCCNC(=O)C[C@@H]2N=C(c3ccc(Cl)cc3)c3c([nH]c(C)c3C)-n3c(C)nnc32)c1)c1cc(OC)c(OC)c(OC)c1. The number of hydrogen-bond acceptors (Lipinski definition) is 15. The average molecular weight is 1150 g/mol. The fraction of sp³-hybridized carbons (Fsp3) is 0.426. The number of amides is 3. The summed E-state index contributed by atoms with van der Waals surface area (Å²) in [6.45, 7) is 8.76. The van der Waals surface area contributed by atoms with Crippen molar-refractivity contribution in [3.63, 3.8) is 0 Å². The third-order valence-electron chi connectivity index (χ3n) is 14.9. The Labute approximate surface area is 483 Å². The van der Waals surface area contributed by atoms with Gasteiger partial charge in [0.05, 0.1) is 66.8 Å². The van der Waals surface area contributed by atoms with E-state index in [4.69, 9.17) is 54.5 Å². The number of nitrogens with one attached hydrogen (secondary N) is 3. The first-order chi connectivity index (χ1) is 39.7. The summed E-state index contributed by atoms with van der Waals surface area (Å²) in [6, 6.07) is 22.3. The number of aliphatic imine (C=N–C) groups is 1. The van der Waals surface area contributed by atoms with Crippen molar-refractivity contribution in [2.75, 3.05) is 75.0 Å². The monoisotopic (exact) mass is 1140 g/mol. The number of H-pyrrole nitrogens is 1. The molecule has 3 N–H and O–H groups in total. The molecule has 436 valence electrons. The lowest BCUT2D eigenvalue weighted by molar-refractivity contribution is -0.162. The lowest BCUT2D eigenvalue weighted by Gasteiger charge is -2.37. The fourth-order valence-corrected chi connectivity index (χ4v) is 10.6. The maximum atomic E-state index is 14.6. The molecule has 4 atom stereocenters. The molecule has 1 saturated heterocycles. The Morgan fingerprint density at radius 3 is 2.17 bits per heavy atom. The van der Waals surface area contributed by atoms with E-state index in [-0.39, 0.29) is 57.1 Å². The fourth-order valence-electron chi connectivity index (χ4n) is 10.5. The molecule has 1 fully saturated rings. The third kappa shape index (κ3) is 14.0. The van der Waals surface area contributed by atoms with Crippen LogP contribution in [0.2, 0.25) is 5.02 Å². The summed E-state index contributed by atoms with van der Waals surface area (Å²) in [7, 11) is 7.72. The predicted molar refractivity (Wildman–Crippen MR) is 308 cm³/mol. The molecule has 6 aromatic rings. The molecule has 82 heavy (non-hydrogen) atoms. The molecule has 3 amide bonds. The highest BCUT2D eigenvalue weighted by Gasteiger charge is 2.39. The molecule has 0 unspecified atom stereocenters. The first kappa shape index (κ1) is 60.0. The van der Waals surface area contributed by atoms with Crippen molar-refractivity contribution < 1.29 is 57.1 Å². The molecule has 0 bridgehead atoms. The number of rotatable bonds is 26. The number of ether oxygens (including phenoxy) is 8. The van der Waals surface area contributed by atoms with Gasteiger partial charge in [-0.2, -0.15) is 0 Å². The Morgan fingerprint density at radius 1 is 0.780 bits per heavy atom. The number of likely N-dealkylation sites (tertiary alicyclic amines) is 1. The number of halogens is 1. The van der Waals surface area contributed by atoms with Gasteiger partial charge in [0, 0.05) is 41.5 Å². The van der Waals surface area contributed by atoms with Crippen LogP contribution in [0, 0.1) is 20.8 Å². The number of nitrogens with zero attached hydrogens (tertiary/aromatic N) is 5. The van der Waals surface area contributed by atoms with E-state index >= 15 is 0 Å². The number of aromatic nitrogens is 4. The molecule has 0 saturated carbocycles. The summed E-state index contributed by atoms with van der Waals surface area (Å²) in [4.78, 5) is 65.9. The second-order valence-corrected chi connectivity index (χ2v) is 20.5. The molecule has 20 nitrogen and oxygen atoms in total. The van der Waals surface area contributed by atoms with Crippen LogP contribution in [0.4, 0.5) is 0 Å². The molecule has 0 aliphatic carbocycles. The van der Waals surface area contributed by atoms with Crippen LogP contribution in [-0.4, -0.2) is 135 Å². The Morgan fingerprint density at radius 2 is 1.49 bits per heavy atom. The largest absolute Gasteiger partial charge is 0.493 e.